The van der Waals surface area contributed by atoms with Gasteiger partial charge in [0.15, 0.2) is 0 Å². The van der Waals surface area contributed by atoms with Crippen molar-refractivity contribution in [3.63, 3.8) is 0 Å². The monoisotopic (exact) mass is 1020 g/mol. The molecule has 1 aromatic carbocycles. The van der Waals surface area contributed by atoms with Crippen LogP contribution < -0.4 is 16.0 Å². The summed E-state index contributed by atoms with van der Waals surface area (Å²) in [5, 5.41) is 9.32. The molecule has 1 heterocycles. The molecule has 1 saturated carbocycles. The normalized spacial score (nSPS) is 18.1. The SMILES string of the molecule is CC/C=C(\CCCCCN(C=O)/C(=C/CC)CC(C)C)NC(C)(C)C(=O)NCC(=O)N(C)C(C1CCCCC1)C(CC(=O)N1CCCC1C(OC)C(C)C(=O)NC(Cc1ccccc1)C(=O)OC(C)(C)C)OC. The average Bonchev–Trinajstić information content (AvgIpc) is 3.83. The summed E-state index contributed by atoms with van der Waals surface area (Å²) >= 11 is 0. The van der Waals surface area contributed by atoms with Crippen LogP contribution in [0.3, 0.4) is 0 Å². The van der Waals surface area contributed by atoms with Crippen LogP contribution in [-0.2, 0) is 49.4 Å². The van der Waals surface area contributed by atoms with Crippen molar-refractivity contribution in [3.8, 4) is 0 Å². The first kappa shape index (κ1) is 62.5. The molecule has 2 fully saturated rings. The fourth-order valence-corrected chi connectivity index (χ4v) is 10.6. The second-order valence-corrected chi connectivity index (χ2v) is 22.3. The van der Waals surface area contributed by atoms with E-state index in [0.717, 1.165) is 107 Å². The van der Waals surface area contributed by atoms with E-state index in [2.05, 4.69) is 55.8 Å². The molecule has 1 aliphatic heterocycles. The molecule has 3 N–H and O–H groups in total. The van der Waals surface area contributed by atoms with E-state index >= 15 is 0 Å². The second kappa shape index (κ2) is 31.2. The van der Waals surface area contributed by atoms with Gasteiger partial charge in [-0.2, -0.15) is 0 Å². The summed E-state index contributed by atoms with van der Waals surface area (Å²) in [5.41, 5.74) is 1.16. The lowest BCUT2D eigenvalue weighted by Gasteiger charge is -2.41. The topological polar surface area (TPSA) is 176 Å². The Kier molecular flexibility index (Phi) is 26.7. The smallest absolute Gasteiger partial charge is 0.329 e. The molecule has 0 bridgehead atoms. The Bertz CT molecular complexity index is 1940. The third-order valence-electron chi connectivity index (χ3n) is 14.3. The maximum Gasteiger partial charge on any atom is 0.329 e. The Morgan fingerprint density at radius 1 is 0.849 bits per heavy atom. The van der Waals surface area contributed by atoms with Crippen molar-refractivity contribution >= 4 is 36.0 Å². The first-order valence-corrected chi connectivity index (χ1v) is 27.4. The van der Waals surface area contributed by atoms with E-state index in [1.165, 1.54) is 0 Å². The molecule has 15 heteroatoms. The van der Waals surface area contributed by atoms with Gasteiger partial charge in [0, 0.05) is 52.2 Å². The molecular weight excluding hydrogens is 925 g/mol. The number of benzene rings is 1. The van der Waals surface area contributed by atoms with Crippen molar-refractivity contribution < 1.29 is 43.0 Å². The van der Waals surface area contributed by atoms with Crippen LogP contribution in [0.4, 0.5) is 0 Å². The zero-order valence-electron chi connectivity index (χ0n) is 47.2. The van der Waals surface area contributed by atoms with Crippen LogP contribution in [-0.4, -0.2) is 133 Å². The van der Waals surface area contributed by atoms with Crippen LogP contribution >= 0.6 is 0 Å². The number of methoxy groups -OCH3 is 2. The van der Waals surface area contributed by atoms with E-state index in [4.69, 9.17) is 14.2 Å². The van der Waals surface area contributed by atoms with Gasteiger partial charge < -0.3 is 44.9 Å². The number of hydrogen-bond acceptors (Lipinski definition) is 10. The molecule has 73 heavy (non-hydrogen) atoms. The summed E-state index contributed by atoms with van der Waals surface area (Å²) in [7, 11) is 4.88. The fraction of sp³-hybridized carbons (Fsp3) is 0.724. The van der Waals surface area contributed by atoms with Crippen LogP contribution in [0.5, 0.6) is 0 Å². The van der Waals surface area contributed by atoms with E-state index in [9.17, 15) is 28.8 Å². The van der Waals surface area contributed by atoms with Crippen molar-refractivity contribution in [2.75, 3.05) is 40.9 Å². The number of amides is 5. The third-order valence-corrected chi connectivity index (χ3v) is 14.3. The maximum absolute atomic E-state index is 14.5. The molecule has 15 nitrogen and oxygen atoms in total. The van der Waals surface area contributed by atoms with E-state index in [1.807, 2.05) is 49.1 Å². The largest absolute Gasteiger partial charge is 0.458 e. The van der Waals surface area contributed by atoms with Gasteiger partial charge in [0.1, 0.15) is 17.2 Å². The zero-order chi connectivity index (χ0) is 54.3. The lowest BCUT2D eigenvalue weighted by molar-refractivity contribution is -0.159. The molecule has 1 aromatic rings. The van der Waals surface area contributed by atoms with Gasteiger partial charge in [0.2, 0.25) is 30.0 Å². The Balaban J connectivity index is 1.68. The molecule has 6 atom stereocenters. The lowest BCUT2D eigenvalue weighted by Crippen LogP contribution is -2.57. The lowest BCUT2D eigenvalue weighted by atomic mass is 9.80. The van der Waals surface area contributed by atoms with Crippen LogP contribution in [0.2, 0.25) is 0 Å². The molecule has 3 rings (SSSR count). The number of unbranched alkanes of at least 4 members (excludes halogenated alkanes) is 2. The van der Waals surface area contributed by atoms with Gasteiger partial charge in [0.25, 0.3) is 0 Å². The van der Waals surface area contributed by atoms with Crippen LogP contribution in [0.25, 0.3) is 0 Å². The number of nitrogens with one attached hydrogen (secondary N) is 3. The Morgan fingerprint density at radius 2 is 1.52 bits per heavy atom. The van der Waals surface area contributed by atoms with E-state index < -0.39 is 53.4 Å². The molecule has 0 aromatic heterocycles. The highest BCUT2D eigenvalue weighted by atomic mass is 16.6. The number of hydrogen-bond donors (Lipinski definition) is 3. The summed E-state index contributed by atoms with van der Waals surface area (Å²) in [4.78, 5) is 87.3. The van der Waals surface area contributed by atoms with Gasteiger partial charge >= 0.3 is 5.97 Å². The minimum Gasteiger partial charge on any atom is -0.458 e. The summed E-state index contributed by atoms with van der Waals surface area (Å²) < 4.78 is 17.9. The summed E-state index contributed by atoms with van der Waals surface area (Å²) in [5.74, 6) is -1.82. The van der Waals surface area contributed by atoms with Gasteiger partial charge in [-0.05, 0) is 116 Å². The highest BCUT2D eigenvalue weighted by molar-refractivity contribution is 5.90. The van der Waals surface area contributed by atoms with Crippen LogP contribution in [0.1, 0.15) is 171 Å². The Hall–Kier alpha value is -4.76. The van der Waals surface area contributed by atoms with Crippen molar-refractivity contribution in [2.45, 2.75) is 213 Å². The standard InChI is InChI=1S/C58H96N6O9/c1-14-26-45(32-23-18-24-34-63(40-65)46(27-15-2)36-41(3)4)61-58(9,10)56(70)59-39-51(67)62(11)52(44-30-21-17-22-31-44)49(71-12)38-50(66)64-35-25-33-48(64)53(72-13)42(5)54(68)60-47(55(69)73-57(6,7)8)37-43-28-19-16-20-29-43/h16,19-20,26-29,40-42,44,47-49,52-53,61H,14-15,17-18,21-25,30-39H2,1-13H3,(H,59,70)(H,60,68)/b45-26+,46-27+. The van der Waals surface area contributed by atoms with Crippen molar-refractivity contribution in [3.05, 3.63) is 59.4 Å². The number of carbonyl (C=O) groups is 6. The molecule has 412 valence electrons. The highest BCUT2D eigenvalue weighted by Gasteiger charge is 2.43. The molecular formula is C58H96N6O9. The zero-order valence-corrected chi connectivity index (χ0v) is 47.2. The highest BCUT2D eigenvalue weighted by Crippen LogP contribution is 2.34. The first-order chi connectivity index (χ1) is 34.6. The van der Waals surface area contributed by atoms with E-state index in [1.54, 1.807) is 58.8 Å². The molecule has 6 unspecified atom stereocenters. The Labute approximate surface area is 439 Å². The summed E-state index contributed by atoms with van der Waals surface area (Å²) in [6.45, 7) is 20.2. The molecule has 2 aliphatic rings. The Morgan fingerprint density at radius 3 is 2.11 bits per heavy atom. The maximum atomic E-state index is 14.5. The summed E-state index contributed by atoms with van der Waals surface area (Å²) in [6, 6.07) is 7.69. The third kappa shape index (κ3) is 20.5. The predicted molar refractivity (Wildman–Crippen MR) is 289 cm³/mol. The average molecular weight is 1020 g/mol. The fourth-order valence-electron chi connectivity index (χ4n) is 10.6. The van der Waals surface area contributed by atoms with Crippen LogP contribution in [0.15, 0.2) is 53.9 Å². The molecule has 0 spiro atoms. The number of likely N-dealkylation sites (N-methyl/N-ethyl adjacent to an activating group) is 1. The minimum atomic E-state index is -1.01. The molecule has 1 aliphatic carbocycles. The van der Waals surface area contributed by atoms with Gasteiger partial charge in [-0.1, -0.05) is 103 Å². The van der Waals surface area contributed by atoms with Crippen molar-refractivity contribution in [1.82, 2.24) is 30.7 Å². The summed E-state index contributed by atoms with van der Waals surface area (Å²) in [6.07, 6.45) is 16.4. The number of rotatable bonds is 31. The quantitative estimate of drug-likeness (QED) is 0.0371. The first-order valence-electron chi connectivity index (χ1n) is 27.4. The van der Waals surface area contributed by atoms with Gasteiger partial charge in [0.05, 0.1) is 43.2 Å². The molecule has 5 amide bonds. The second-order valence-electron chi connectivity index (χ2n) is 22.3. The van der Waals surface area contributed by atoms with Crippen molar-refractivity contribution in [2.24, 2.45) is 17.8 Å². The van der Waals surface area contributed by atoms with E-state index in [0.29, 0.717) is 25.4 Å². The minimum absolute atomic E-state index is 0.0147. The van der Waals surface area contributed by atoms with Gasteiger partial charge in [-0.15, -0.1) is 0 Å². The number of allylic oxidation sites excluding steroid dienone is 4. The number of carbonyl (C=O) groups excluding carboxylic acids is 6. The molecule has 1 saturated heterocycles. The van der Waals surface area contributed by atoms with Gasteiger partial charge in [-0.3, -0.25) is 24.0 Å². The number of nitrogens with zero attached hydrogens (tertiary/aromatic N) is 3. The predicted octanol–water partition coefficient (Wildman–Crippen LogP) is 8.65. The number of esters is 1. The number of ether oxygens (including phenoxy) is 3. The van der Waals surface area contributed by atoms with Crippen LogP contribution in [0, 0.1) is 17.8 Å². The molecule has 0 radical (unpaired) electrons. The number of likely N-dealkylation sites (tertiary alicyclic amines) is 1. The van der Waals surface area contributed by atoms with E-state index in [-0.39, 0.29) is 48.9 Å². The van der Waals surface area contributed by atoms with Gasteiger partial charge in [-0.25, -0.2) is 4.79 Å². The van der Waals surface area contributed by atoms with Crippen molar-refractivity contribution in [1.29, 1.82) is 0 Å².